The molecule has 0 atom stereocenters. The predicted molar refractivity (Wildman–Crippen MR) is 70.7 cm³/mol. The van der Waals surface area contributed by atoms with Crippen LogP contribution < -0.4 is 5.32 Å². The van der Waals surface area contributed by atoms with Crippen molar-refractivity contribution in [2.45, 2.75) is 6.92 Å². The summed E-state index contributed by atoms with van der Waals surface area (Å²) in [5, 5.41) is 2.46. The Hall–Kier alpha value is -2.57. The van der Waals surface area contributed by atoms with E-state index in [1.54, 1.807) is 6.92 Å². The normalized spacial score (nSPS) is 13.5. The Morgan fingerprint density at radius 1 is 1.38 bits per heavy atom. The maximum Gasteiger partial charge on any atom is 0.377 e. The van der Waals surface area contributed by atoms with Gasteiger partial charge in [-0.05, 0) is 24.6 Å². The Balaban J connectivity index is 1.86. The third kappa shape index (κ3) is 4.20. The van der Waals surface area contributed by atoms with Crippen molar-refractivity contribution in [1.82, 2.24) is 0 Å². The molecule has 1 aliphatic rings. The van der Waals surface area contributed by atoms with Crippen LogP contribution in [0.5, 0.6) is 0 Å². The van der Waals surface area contributed by atoms with Gasteiger partial charge in [-0.3, -0.25) is 4.79 Å². The lowest BCUT2D eigenvalue weighted by atomic mass is 10.2. The van der Waals surface area contributed by atoms with E-state index in [2.05, 4.69) is 5.32 Å². The number of aryl methyl sites for hydroxylation is 1. The second kappa shape index (κ2) is 6.74. The first-order valence-corrected chi connectivity index (χ1v) is 6.24. The minimum absolute atomic E-state index is 0.0870. The zero-order chi connectivity index (χ0) is 15.2. The van der Waals surface area contributed by atoms with Crippen LogP contribution in [0.3, 0.4) is 0 Å². The topological polar surface area (TPSA) is 73.9 Å². The fraction of sp³-hybridized carbons (Fsp3) is 0.286. The van der Waals surface area contributed by atoms with Crippen LogP contribution in [0.2, 0.25) is 0 Å². The minimum atomic E-state index is -0.791. The number of halogens is 1. The molecule has 0 spiro atoms. The number of ether oxygens (including phenoxy) is 3. The standard InChI is InChI=1S/C14H14FNO5/c1-9-2-3-10(15)6-11(9)16-13(17)8-21-14(18)12-7-19-4-5-20-12/h2-3,6-7H,4-5,8H2,1H3,(H,16,17). The van der Waals surface area contributed by atoms with Crippen LogP contribution in [-0.4, -0.2) is 31.7 Å². The van der Waals surface area contributed by atoms with Gasteiger partial charge in [0.2, 0.25) is 5.76 Å². The quantitative estimate of drug-likeness (QED) is 0.852. The van der Waals surface area contributed by atoms with Gasteiger partial charge in [-0.1, -0.05) is 6.07 Å². The molecule has 6 nitrogen and oxygen atoms in total. The zero-order valence-corrected chi connectivity index (χ0v) is 11.3. The monoisotopic (exact) mass is 295 g/mol. The number of esters is 1. The number of carbonyl (C=O) groups excluding carboxylic acids is 2. The maximum absolute atomic E-state index is 13.1. The molecule has 1 aliphatic heterocycles. The number of anilines is 1. The van der Waals surface area contributed by atoms with Gasteiger partial charge in [0.1, 0.15) is 25.3 Å². The first kappa shape index (κ1) is 14.8. The molecule has 1 aromatic rings. The molecule has 1 aromatic carbocycles. The lowest BCUT2D eigenvalue weighted by Gasteiger charge is -2.14. The first-order chi connectivity index (χ1) is 10.1. The van der Waals surface area contributed by atoms with Crippen LogP contribution in [0.15, 0.2) is 30.2 Å². The van der Waals surface area contributed by atoms with E-state index in [1.807, 2.05) is 0 Å². The second-order valence-corrected chi connectivity index (χ2v) is 4.28. The predicted octanol–water partition coefficient (Wildman–Crippen LogP) is 1.50. The lowest BCUT2D eigenvalue weighted by Crippen LogP contribution is -2.24. The summed E-state index contributed by atoms with van der Waals surface area (Å²) in [6.07, 6.45) is 1.14. The summed E-state index contributed by atoms with van der Waals surface area (Å²) in [7, 11) is 0. The molecule has 1 N–H and O–H groups in total. The Morgan fingerprint density at radius 3 is 2.90 bits per heavy atom. The van der Waals surface area contributed by atoms with Gasteiger partial charge in [0.15, 0.2) is 6.61 Å². The van der Waals surface area contributed by atoms with Crippen molar-refractivity contribution in [3.63, 3.8) is 0 Å². The Morgan fingerprint density at radius 2 is 2.19 bits per heavy atom. The average molecular weight is 295 g/mol. The van der Waals surface area contributed by atoms with Gasteiger partial charge < -0.3 is 19.5 Å². The van der Waals surface area contributed by atoms with Gasteiger partial charge in [0.25, 0.3) is 5.91 Å². The van der Waals surface area contributed by atoms with Crippen LogP contribution in [0.25, 0.3) is 0 Å². The van der Waals surface area contributed by atoms with Crippen molar-refractivity contribution in [3.05, 3.63) is 41.6 Å². The van der Waals surface area contributed by atoms with E-state index >= 15 is 0 Å². The maximum atomic E-state index is 13.1. The van der Waals surface area contributed by atoms with Crippen molar-refractivity contribution in [2.75, 3.05) is 25.1 Å². The largest absolute Gasteiger partial charge is 0.493 e. The van der Waals surface area contributed by atoms with Gasteiger partial charge in [-0.15, -0.1) is 0 Å². The highest BCUT2D eigenvalue weighted by Crippen LogP contribution is 2.15. The average Bonchev–Trinajstić information content (AvgIpc) is 2.49. The van der Waals surface area contributed by atoms with Gasteiger partial charge in [-0.2, -0.15) is 0 Å². The highest BCUT2D eigenvalue weighted by Gasteiger charge is 2.18. The van der Waals surface area contributed by atoms with E-state index in [0.717, 1.165) is 6.26 Å². The van der Waals surface area contributed by atoms with Crippen molar-refractivity contribution in [1.29, 1.82) is 0 Å². The van der Waals surface area contributed by atoms with Crippen LogP contribution >= 0.6 is 0 Å². The number of rotatable bonds is 4. The Kier molecular flexibility index (Phi) is 4.76. The van der Waals surface area contributed by atoms with Gasteiger partial charge >= 0.3 is 5.97 Å². The summed E-state index contributed by atoms with van der Waals surface area (Å²) in [5.41, 5.74) is 1.02. The fourth-order valence-corrected chi connectivity index (χ4v) is 1.59. The number of amides is 1. The molecule has 0 aromatic heterocycles. The SMILES string of the molecule is Cc1ccc(F)cc1NC(=O)COC(=O)C1=COCCO1. The molecule has 0 radical (unpaired) electrons. The molecule has 0 saturated heterocycles. The molecule has 0 fully saturated rings. The van der Waals surface area contributed by atoms with Gasteiger partial charge in [0.05, 0.1) is 0 Å². The van der Waals surface area contributed by atoms with Crippen molar-refractivity contribution >= 4 is 17.6 Å². The summed E-state index contributed by atoms with van der Waals surface area (Å²) < 4.78 is 27.8. The smallest absolute Gasteiger partial charge is 0.377 e. The van der Waals surface area contributed by atoms with E-state index in [9.17, 15) is 14.0 Å². The number of benzene rings is 1. The van der Waals surface area contributed by atoms with E-state index in [0.29, 0.717) is 17.9 Å². The molecule has 0 unspecified atom stereocenters. The minimum Gasteiger partial charge on any atom is -0.493 e. The number of carbonyl (C=O) groups is 2. The van der Waals surface area contributed by atoms with E-state index < -0.39 is 24.3 Å². The zero-order valence-electron chi connectivity index (χ0n) is 11.3. The fourth-order valence-electron chi connectivity index (χ4n) is 1.59. The molecule has 0 aliphatic carbocycles. The summed E-state index contributed by atoms with van der Waals surface area (Å²) in [4.78, 5) is 23.2. The molecule has 7 heteroatoms. The first-order valence-electron chi connectivity index (χ1n) is 6.24. The lowest BCUT2D eigenvalue weighted by molar-refractivity contribution is -0.148. The van der Waals surface area contributed by atoms with E-state index in [-0.39, 0.29) is 12.4 Å². The van der Waals surface area contributed by atoms with Crippen LogP contribution in [0, 0.1) is 12.7 Å². The molecule has 112 valence electrons. The van der Waals surface area contributed by atoms with Gasteiger partial charge in [0, 0.05) is 5.69 Å². The second-order valence-electron chi connectivity index (χ2n) is 4.28. The third-order valence-electron chi connectivity index (χ3n) is 2.66. The highest BCUT2D eigenvalue weighted by molar-refractivity contribution is 5.95. The van der Waals surface area contributed by atoms with E-state index in [4.69, 9.17) is 14.2 Å². The molecule has 0 saturated carbocycles. The number of hydrogen-bond donors (Lipinski definition) is 1. The number of hydrogen-bond acceptors (Lipinski definition) is 5. The highest BCUT2D eigenvalue weighted by atomic mass is 19.1. The molecule has 21 heavy (non-hydrogen) atoms. The van der Waals surface area contributed by atoms with E-state index in [1.165, 1.54) is 18.2 Å². The summed E-state index contributed by atoms with van der Waals surface area (Å²) in [5.74, 6) is -1.92. The summed E-state index contributed by atoms with van der Waals surface area (Å²) >= 11 is 0. The Labute approximate surface area is 120 Å². The van der Waals surface area contributed by atoms with Crippen molar-refractivity contribution in [2.24, 2.45) is 0 Å². The van der Waals surface area contributed by atoms with Crippen molar-refractivity contribution < 1.29 is 28.2 Å². The molecule has 2 rings (SSSR count). The molecule has 0 bridgehead atoms. The summed E-state index contributed by atoms with van der Waals surface area (Å²) in [6, 6.07) is 4.02. The molecular formula is C14H14FNO5. The Bertz CT molecular complexity index is 585. The summed E-state index contributed by atoms with van der Waals surface area (Å²) in [6.45, 7) is 1.82. The van der Waals surface area contributed by atoms with Crippen molar-refractivity contribution in [3.8, 4) is 0 Å². The van der Waals surface area contributed by atoms with Crippen LogP contribution in [-0.2, 0) is 23.8 Å². The molecular weight excluding hydrogens is 281 g/mol. The number of nitrogens with one attached hydrogen (secondary N) is 1. The van der Waals surface area contributed by atoms with Crippen LogP contribution in [0.1, 0.15) is 5.56 Å². The molecule has 1 amide bonds. The van der Waals surface area contributed by atoms with Gasteiger partial charge in [-0.25, -0.2) is 9.18 Å². The van der Waals surface area contributed by atoms with Crippen LogP contribution in [0.4, 0.5) is 10.1 Å². The molecule has 1 heterocycles. The third-order valence-corrected chi connectivity index (χ3v) is 2.66.